The fourth-order valence-corrected chi connectivity index (χ4v) is 3.45. The van der Waals surface area contributed by atoms with E-state index >= 15 is 0 Å². The van der Waals surface area contributed by atoms with Crippen LogP contribution in [0, 0.1) is 0 Å². The molecular formula is C19H25N3O2S. The van der Waals surface area contributed by atoms with Gasteiger partial charge in [0, 0.05) is 43.4 Å². The minimum atomic E-state index is 0.630. The largest absolute Gasteiger partial charge is 0.490 e. The van der Waals surface area contributed by atoms with Crippen molar-refractivity contribution in [3.63, 3.8) is 0 Å². The third-order valence-corrected chi connectivity index (χ3v) is 4.78. The van der Waals surface area contributed by atoms with E-state index in [4.69, 9.17) is 9.47 Å². The van der Waals surface area contributed by atoms with Crippen LogP contribution in [0.4, 0.5) is 0 Å². The predicted molar refractivity (Wildman–Crippen MR) is 100 cm³/mol. The van der Waals surface area contributed by atoms with Gasteiger partial charge in [-0.2, -0.15) is 0 Å². The Bertz CT molecular complexity index is 724. The zero-order chi connectivity index (χ0) is 17.6. The fourth-order valence-electron chi connectivity index (χ4n) is 3.09. The zero-order valence-corrected chi connectivity index (χ0v) is 15.9. The summed E-state index contributed by atoms with van der Waals surface area (Å²) in [5.74, 6) is 1.69. The Kier molecular flexibility index (Phi) is 6.15. The molecule has 1 aliphatic heterocycles. The molecule has 1 aromatic heterocycles. The zero-order valence-electron chi connectivity index (χ0n) is 15.1. The number of fused-ring (bicyclic) bond motifs is 1. The van der Waals surface area contributed by atoms with Crippen LogP contribution in [0.25, 0.3) is 0 Å². The summed E-state index contributed by atoms with van der Waals surface area (Å²) >= 11 is 1.59. The summed E-state index contributed by atoms with van der Waals surface area (Å²) in [6, 6.07) is 6.13. The Morgan fingerprint density at radius 2 is 2.04 bits per heavy atom. The number of benzene rings is 1. The number of rotatable bonds is 7. The van der Waals surface area contributed by atoms with Crippen LogP contribution < -0.4 is 9.47 Å². The van der Waals surface area contributed by atoms with Gasteiger partial charge in [-0.25, -0.2) is 9.97 Å². The number of aromatic nitrogens is 2. The van der Waals surface area contributed by atoms with Crippen molar-refractivity contribution in [3.05, 3.63) is 41.2 Å². The Balaban J connectivity index is 1.77. The van der Waals surface area contributed by atoms with Gasteiger partial charge >= 0.3 is 0 Å². The average Bonchev–Trinajstić information content (AvgIpc) is 2.64. The van der Waals surface area contributed by atoms with E-state index in [1.807, 2.05) is 38.4 Å². The van der Waals surface area contributed by atoms with Crippen LogP contribution in [0.5, 0.6) is 11.5 Å². The molecule has 2 heterocycles. The van der Waals surface area contributed by atoms with E-state index in [9.17, 15) is 0 Å². The Morgan fingerprint density at radius 3 is 2.80 bits per heavy atom. The molecule has 25 heavy (non-hydrogen) atoms. The molecule has 2 aromatic rings. The first-order valence-electron chi connectivity index (χ1n) is 8.73. The minimum absolute atomic E-state index is 0.630. The van der Waals surface area contributed by atoms with Crippen LogP contribution in [0.1, 0.15) is 30.7 Å². The summed E-state index contributed by atoms with van der Waals surface area (Å²) in [6.45, 7) is 7.95. The van der Waals surface area contributed by atoms with Crippen molar-refractivity contribution in [3.8, 4) is 11.5 Å². The molecule has 0 atom stereocenters. The van der Waals surface area contributed by atoms with Gasteiger partial charge in [0.25, 0.3) is 0 Å². The average molecular weight is 359 g/mol. The number of ether oxygens (including phenoxy) is 2. The van der Waals surface area contributed by atoms with Gasteiger partial charge in [-0.15, -0.1) is 0 Å². The number of nitrogens with zero attached hydrogens (tertiary/aromatic N) is 3. The van der Waals surface area contributed by atoms with Gasteiger partial charge in [-0.05, 0) is 26.2 Å². The second-order valence-electron chi connectivity index (χ2n) is 5.90. The maximum Gasteiger partial charge on any atom is 0.187 e. The molecule has 0 unspecified atom stereocenters. The van der Waals surface area contributed by atoms with Crippen molar-refractivity contribution >= 4 is 11.8 Å². The van der Waals surface area contributed by atoms with Crippen molar-refractivity contribution in [2.45, 2.75) is 38.5 Å². The Morgan fingerprint density at radius 1 is 1.20 bits per heavy atom. The van der Waals surface area contributed by atoms with E-state index in [2.05, 4.69) is 20.9 Å². The van der Waals surface area contributed by atoms with Crippen molar-refractivity contribution in [2.24, 2.45) is 0 Å². The molecular weight excluding hydrogens is 334 g/mol. The van der Waals surface area contributed by atoms with Crippen molar-refractivity contribution in [2.75, 3.05) is 26.0 Å². The van der Waals surface area contributed by atoms with E-state index in [-0.39, 0.29) is 0 Å². The first-order valence-corrected chi connectivity index (χ1v) is 9.96. The van der Waals surface area contributed by atoms with E-state index in [1.54, 1.807) is 11.8 Å². The van der Waals surface area contributed by atoms with Crippen LogP contribution in [0.2, 0.25) is 0 Å². The van der Waals surface area contributed by atoms with Gasteiger partial charge in [-0.1, -0.05) is 23.9 Å². The summed E-state index contributed by atoms with van der Waals surface area (Å²) in [4.78, 5) is 11.5. The van der Waals surface area contributed by atoms with Gasteiger partial charge in [0.1, 0.15) is 0 Å². The highest BCUT2D eigenvalue weighted by molar-refractivity contribution is 7.98. The molecule has 0 saturated heterocycles. The highest BCUT2D eigenvalue weighted by Gasteiger charge is 2.20. The topological polar surface area (TPSA) is 47.5 Å². The molecule has 134 valence electrons. The lowest BCUT2D eigenvalue weighted by Crippen LogP contribution is -2.31. The minimum Gasteiger partial charge on any atom is -0.490 e. The summed E-state index contributed by atoms with van der Waals surface area (Å²) in [7, 11) is 0. The first-order chi connectivity index (χ1) is 12.2. The predicted octanol–water partition coefficient (Wildman–Crippen LogP) is 3.55. The van der Waals surface area contributed by atoms with Gasteiger partial charge in [0.15, 0.2) is 16.7 Å². The molecule has 0 aliphatic carbocycles. The van der Waals surface area contributed by atoms with Crippen LogP contribution in [0.3, 0.4) is 0 Å². The molecule has 3 rings (SSSR count). The summed E-state index contributed by atoms with van der Waals surface area (Å²) in [6.07, 6.45) is 4.94. The third kappa shape index (κ3) is 4.25. The van der Waals surface area contributed by atoms with Gasteiger partial charge < -0.3 is 9.47 Å². The lowest BCUT2D eigenvalue weighted by Gasteiger charge is -2.28. The Labute approximate surface area is 153 Å². The van der Waals surface area contributed by atoms with Crippen molar-refractivity contribution in [1.82, 2.24) is 14.9 Å². The Hall–Kier alpha value is -1.79. The monoisotopic (exact) mass is 359 g/mol. The second-order valence-corrected chi connectivity index (χ2v) is 6.67. The van der Waals surface area contributed by atoms with E-state index in [0.717, 1.165) is 48.3 Å². The molecule has 0 bridgehead atoms. The number of para-hydroxylation sites is 1. The molecule has 5 nitrogen and oxygen atoms in total. The number of hydrogen-bond donors (Lipinski definition) is 0. The van der Waals surface area contributed by atoms with E-state index in [0.29, 0.717) is 13.2 Å². The fraction of sp³-hybridized carbons (Fsp3) is 0.474. The molecule has 0 saturated carbocycles. The van der Waals surface area contributed by atoms with Crippen LogP contribution in [-0.4, -0.2) is 40.9 Å². The third-order valence-electron chi connectivity index (χ3n) is 4.22. The van der Waals surface area contributed by atoms with Crippen LogP contribution >= 0.6 is 11.8 Å². The normalized spacial score (nSPS) is 14.2. The maximum absolute atomic E-state index is 5.88. The lowest BCUT2D eigenvalue weighted by molar-refractivity contribution is 0.232. The standard InChI is InChI=1S/C19H25N3O2S/c1-4-23-17-8-6-7-14(18(17)24-5-2)12-22-10-9-16-15(13-22)11-20-19(21-16)25-3/h6-8,11H,4-5,9-10,12-13H2,1-3H3. The molecule has 0 fully saturated rings. The molecule has 1 aromatic carbocycles. The highest BCUT2D eigenvalue weighted by atomic mass is 32.2. The van der Waals surface area contributed by atoms with E-state index < -0.39 is 0 Å². The van der Waals surface area contributed by atoms with Crippen LogP contribution in [0.15, 0.2) is 29.6 Å². The van der Waals surface area contributed by atoms with Gasteiger partial charge in [-0.3, -0.25) is 4.90 Å². The summed E-state index contributed by atoms with van der Waals surface area (Å²) < 4.78 is 11.6. The SMILES string of the molecule is CCOc1cccc(CN2CCc3nc(SC)ncc3C2)c1OCC. The van der Waals surface area contributed by atoms with Crippen molar-refractivity contribution < 1.29 is 9.47 Å². The lowest BCUT2D eigenvalue weighted by atomic mass is 10.1. The van der Waals surface area contributed by atoms with E-state index in [1.165, 1.54) is 11.3 Å². The molecule has 0 spiro atoms. The van der Waals surface area contributed by atoms with Crippen molar-refractivity contribution in [1.29, 1.82) is 0 Å². The number of hydrogen-bond acceptors (Lipinski definition) is 6. The van der Waals surface area contributed by atoms with Gasteiger partial charge in [0.05, 0.1) is 18.9 Å². The number of thioether (sulfide) groups is 1. The molecule has 0 radical (unpaired) electrons. The van der Waals surface area contributed by atoms with Gasteiger partial charge in [0.2, 0.25) is 0 Å². The molecule has 0 amide bonds. The highest BCUT2D eigenvalue weighted by Crippen LogP contribution is 2.33. The summed E-state index contributed by atoms with van der Waals surface area (Å²) in [5, 5.41) is 0.857. The maximum atomic E-state index is 5.88. The van der Waals surface area contributed by atoms with Crippen LogP contribution in [-0.2, 0) is 19.5 Å². The first kappa shape index (κ1) is 18.0. The molecule has 0 N–H and O–H groups in total. The molecule has 1 aliphatic rings. The second kappa shape index (κ2) is 8.54. The summed E-state index contributed by atoms with van der Waals surface area (Å²) in [5.41, 5.74) is 3.57. The smallest absolute Gasteiger partial charge is 0.187 e. The molecule has 6 heteroatoms. The quantitative estimate of drug-likeness (QED) is 0.556.